The third-order valence-corrected chi connectivity index (χ3v) is 8.39. The van der Waals surface area contributed by atoms with E-state index in [-0.39, 0.29) is 47.3 Å². The third-order valence-electron chi connectivity index (χ3n) is 8.39. The smallest absolute Gasteiger partial charge is 0.251 e. The summed E-state index contributed by atoms with van der Waals surface area (Å²) in [5.74, 6) is -0.642. The third kappa shape index (κ3) is 4.50. The van der Waals surface area contributed by atoms with Gasteiger partial charge in [0.1, 0.15) is 5.82 Å². The fraction of sp³-hybridized carbons (Fsp3) is 0.355. The maximum atomic E-state index is 14.2. The van der Waals surface area contributed by atoms with Gasteiger partial charge in [0.2, 0.25) is 5.91 Å². The zero-order chi connectivity index (χ0) is 25.4. The van der Waals surface area contributed by atoms with E-state index in [1.807, 2.05) is 18.2 Å². The summed E-state index contributed by atoms with van der Waals surface area (Å²) in [4.78, 5) is 29.2. The molecule has 1 saturated heterocycles. The standard InChI is InChI=1S/C31H32FN3O2/c32-22-12-8-11-21(19-22)30(36)34-27-16-7-5-14-24(27)31(37)35-18-17-25-28(20-9-2-1-3-10-20)33-26-15-6-4-13-23(26)29(25)35/h1-4,6,8-13,15,19,24-25,27-29,33H,5,7,14,16-18H2,(H,34,36)/t24-,25-,27+,28-,29-/m0/s1. The van der Waals surface area contributed by atoms with Crippen LogP contribution < -0.4 is 10.6 Å². The molecule has 1 aliphatic carbocycles. The molecule has 0 unspecified atom stereocenters. The average Bonchev–Trinajstić information content (AvgIpc) is 3.39. The molecule has 0 bridgehead atoms. The van der Waals surface area contributed by atoms with Gasteiger partial charge in [-0.1, -0.05) is 67.4 Å². The van der Waals surface area contributed by atoms with Crippen LogP contribution in [0.3, 0.4) is 0 Å². The average molecular weight is 498 g/mol. The fourth-order valence-electron chi connectivity index (χ4n) is 6.66. The lowest BCUT2D eigenvalue weighted by atomic mass is 9.79. The van der Waals surface area contributed by atoms with Gasteiger partial charge in [0, 0.05) is 29.8 Å². The van der Waals surface area contributed by atoms with Crippen molar-refractivity contribution in [2.75, 3.05) is 11.9 Å². The van der Waals surface area contributed by atoms with E-state index in [1.165, 1.54) is 29.3 Å². The molecule has 2 fully saturated rings. The highest BCUT2D eigenvalue weighted by Gasteiger charge is 2.48. The number of halogens is 1. The van der Waals surface area contributed by atoms with E-state index in [1.54, 1.807) is 6.07 Å². The van der Waals surface area contributed by atoms with Crippen molar-refractivity contribution in [2.24, 2.45) is 11.8 Å². The lowest BCUT2D eigenvalue weighted by Gasteiger charge is -2.42. The SMILES string of the molecule is O=C(N[C@@H]1CCCC[C@@H]1C(=O)N1CC[C@H]2[C@H](c3ccccc3)Nc3ccccc3[C@@H]21)c1cccc(F)c1. The van der Waals surface area contributed by atoms with Crippen LogP contribution in [0.5, 0.6) is 0 Å². The van der Waals surface area contributed by atoms with Crippen LogP contribution in [0.2, 0.25) is 0 Å². The molecule has 3 aromatic carbocycles. The van der Waals surface area contributed by atoms with Gasteiger partial charge in [-0.2, -0.15) is 0 Å². The van der Waals surface area contributed by atoms with Gasteiger partial charge in [0.15, 0.2) is 0 Å². The van der Waals surface area contributed by atoms with Crippen molar-refractivity contribution in [2.45, 2.75) is 50.2 Å². The van der Waals surface area contributed by atoms with Crippen molar-refractivity contribution < 1.29 is 14.0 Å². The Balaban J connectivity index is 1.27. The molecular weight excluding hydrogens is 465 g/mol. The van der Waals surface area contributed by atoms with Crippen LogP contribution in [0.25, 0.3) is 0 Å². The minimum atomic E-state index is -0.440. The Kier molecular flexibility index (Phi) is 6.41. The van der Waals surface area contributed by atoms with E-state index in [4.69, 9.17) is 0 Å². The number of rotatable bonds is 4. The second-order valence-electron chi connectivity index (χ2n) is 10.5. The molecule has 5 atom stereocenters. The van der Waals surface area contributed by atoms with Crippen molar-refractivity contribution in [3.8, 4) is 0 Å². The number of anilines is 1. The van der Waals surface area contributed by atoms with Crippen LogP contribution in [0.15, 0.2) is 78.9 Å². The second-order valence-corrected chi connectivity index (χ2v) is 10.5. The van der Waals surface area contributed by atoms with Crippen molar-refractivity contribution in [3.05, 3.63) is 101 Å². The van der Waals surface area contributed by atoms with Gasteiger partial charge in [-0.15, -0.1) is 0 Å². The Morgan fingerprint density at radius 2 is 1.68 bits per heavy atom. The molecule has 3 aromatic rings. The number of amides is 2. The highest BCUT2D eigenvalue weighted by molar-refractivity contribution is 5.95. The summed E-state index contributed by atoms with van der Waals surface area (Å²) in [5.41, 5.74) is 3.77. The minimum Gasteiger partial charge on any atom is -0.378 e. The molecule has 5 nitrogen and oxygen atoms in total. The molecule has 6 heteroatoms. The number of hydrogen-bond acceptors (Lipinski definition) is 3. The normalized spacial score (nSPS) is 26.5. The number of nitrogens with zero attached hydrogens (tertiary/aromatic N) is 1. The Labute approximate surface area is 217 Å². The maximum absolute atomic E-state index is 14.2. The first-order valence-electron chi connectivity index (χ1n) is 13.4. The molecule has 2 N–H and O–H groups in total. The molecule has 1 saturated carbocycles. The van der Waals surface area contributed by atoms with Gasteiger partial charge in [-0.25, -0.2) is 4.39 Å². The molecule has 3 aliphatic rings. The zero-order valence-electron chi connectivity index (χ0n) is 20.8. The summed E-state index contributed by atoms with van der Waals surface area (Å²) in [6.45, 7) is 0.703. The molecule has 2 amide bonds. The number of benzene rings is 3. The van der Waals surface area contributed by atoms with Gasteiger partial charge in [-0.05, 0) is 54.7 Å². The predicted octanol–water partition coefficient (Wildman–Crippen LogP) is 5.87. The molecule has 0 spiro atoms. The molecule has 2 aliphatic heterocycles. The Morgan fingerprint density at radius 3 is 2.51 bits per heavy atom. The topological polar surface area (TPSA) is 61.4 Å². The van der Waals surface area contributed by atoms with Crippen LogP contribution in [0, 0.1) is 17.7 Å². The quantitative estimate of drug-likeness (QED) is 0.474. The summed E-state index contributed by atoms with van der Waals surface area (Å²) in [6, 6.07) is 24.4. The molecule has 37 heavy (non-hydrogen) atoms. The van der Waals surface area contributed by atoms with Gasteiger partial charge >= 0.3 is 0 Å². The fourth-order valence-corrected chi connectivity index (χ4v) is 6.66. The van der Waals surface area contributed by atoms with Gasteiger partial charge in [0.05, 0.1) is 18.0 Å². The van der Waals surface area contributed by atoms with E-state index in [2.05, 4.69) is 51.9 Å². The van der Waals surface area contributed by atoms with Crippen LogP contribution in [0.1, 0.15) is 65.7 Å². The van der Waals surface area contributed by atoms with Crippen molar-refractivity contribution in [1.82, 2.24) is 10.2 Å². The number of hydrogen-bond donors (Lipinski definition) is 2. The van der Waals surface area contributed by atoms with E-state index in [0.29, 0.717) is 6.54 Å². The number of nitrogens with one attached hydrogen (secondary N) is 2. The number of para-hydroxylation sites is 1. The second kappa shape index (κ2) is 10.0. The summed E-state index contributed by atoms with van der Waals surface area (Å²) in [6.07, 6.45) is 4.36. The molecule has 0 aromatic heterocycles. The van der Waals surface area contributed by atoms with E-state index < -0.39 is 5.82 Å². The van der Waals surface area contributed by atoms with E-state index >= 15 is 0 Å². The number of carbonyl (C=O) groups is 2. The van der Waals surface area contributed by atoms with Crippen LogP contribution in [0.4, 0.5) is 10.1 Å². The predicted molar refractivity (Wildman–Crippen MR) is 141 cm³/mol. The lowest BCUT2D eigenvalue weighted by molar-refractivity contribution is -0.138. The Morgan fingerprint density at radius 1 is 0.892 bits per heavy atom. The summed E-state index contributed by atoms with van der Waals surface area (Å²) >= 11 is 0. The number of fused-ring (bicyclic) bond motifs is 3. The molecule has 190 valence electrons. The first kappa shape index (κ1) is 23.7. The Bertz CT molecular complexity index is 1300. The summed E-state index contributed by atoms with van der Waals surface area (Å²) < 4.78 is 13.7. The van der Waals surface area contributed by atoms with Gasteiger partial charge in [0.25, 0.3) is 5.91 Å². The van der Waals surface area contributed by atoms with Crippen LogP contribution in [-0.4, -0.2) is 29.3 Å². The first-order valence-corrected chi connectivity index (χ1v) is 13.4. The van der Waals surface area contributed by atoms with Crippen molar-refractivity contribution >= 4 is 17.5 Å². The van der Waals surface area contributed by atoms with E-state index in [9.17, 15) is 14.0 Å². The highest BCUT2D eigenvalue weighted by Crippen LogP contribution is 2.51. The number of carbonyl (C=O) groups excluding carboxylic acids is 2. The molecule has 6 rings (SSSR count). The summed E-state index contributed by atoms with van der Waals surface area (Å²) in [7, 11) is 0. The van der Waals surface area contributed by atoms with Crippen LogP contribution >= 0.6 is 0 Å². The highest BCUT2D eigenvalue weighted by atomic mass is 19.1. The Hall–Kier alpha value is -3.67. The monoisotopic (exact) mass is 497 g/mol. The molecular formula is C31H32FN3O2. The lowest BCUT2D eigenvalue weighted by Crippen LogP contribution is -2.50. The number of likely N-dealkylation sites (tertiary alicyclic amines) is 1. The minimum absolute atomic E-state index is 0.00310. The van der Waals surface area contributed by atoms with Gasteiger partial charge in [-0.3, -0.25) is 9.59 Å². The summed E-state index contributed by atoms with van der Waals surface area (Å²) in [5, 5.41) is 6.83. The zero-order valence-corrected chi connectivity index (χ0v) is 20.8. The first-order chi connectivity index (χ1) is 18.1. The largest absolute Gasteiger partial charge is 0.378 e. The maximum Gasteiger partial charge on any atom is 0.251 e. The van der Waals surface area contributed by atoms with Crippen molar-refractivity contribution in [1.29, 1.82) is 0 Å². The van der Waals surface area contributed by atoms with Crippen molar-refractivity contribution in [3.63, 3.8) is 0 Å². The molecule has 0 radical (unpaired) electrons. The van der Waals surface area contributed by atoms with Gasteiger partial charge < -0.3 is 15.5 Å². The van der Waals surface area contributed by atoms with Crippen LogP contribution in [-0.2, 0) is 4.79 Å². The van der Waals surface area contributed by atoms with E-state index in [0.717, 1.165) is 37.8 Å². The molecule has 2 heterocycles.